The second-order valence-electron chi connectivity index (χ2n) is 6.03. The van der Waals surface area contributed by atoms with Gasteiger partial charge in [0.15, 0.2) is 0 Å². The highest BCUT2D eigenvalue weighted by molar-refractivity contribution is 5.43. The lowest BCUT2D eigenvalue weighted by Gasteiger charge is -2.34. The molecule has 1 aliphatic heterocycles. The van der Waals surface area contributed by atoms with Gasteiger partial charge in [0.2, 0.25) is 0 Å². The highest BCUT2D eigenvalue weighted by Crippen LogP contribution is 2.17. The Labute approximate surface area is 140 Å². The van der Waals surface area contributed by atoms with Gasteiger partial charge in [0, 0.05) is 24.7 Å². The summed E-state index contributed by atoms with van der Waals surface area (Å²) in [6.45, 7) is 6.75. The van der Waals surface area contributed by atoms with Crippen molar-refractivity contribution < 1.29 is 9.26 Å². The average molecular weight is 333 g/mol. The Hall–Kier alpha value is -2.19. The van der Waals surface area contributed by atoms with Crippen LogP contribution in [0.25, 0.3) is 0 Å². The molecule has 0 amide bonds. The monoisotopic (exact) mass is 333 g/mol. The smallest absolute Gasteiger partial charge is 0.269 e. The van der Waals surface area contributed by atoms with Crippen LogP contribution >= 0.6 is 0 Å². The predicted octanol–water partition coefficient (Wildman–Crippen LogP) is 0.450. The molecule has 0 spiro atoms. The van der Waals surface area contributed by atoms with Crippen molar-refractivity contribution in [2.75, 3.05) is 31.1 Å². The number of nitrogens with zero attached hydrogens (tertiary/aromatic N) is 4. The number of anilines is 1. The van der Waals surface area contributed by atoms with E-state index in [0.717, 1.165) is 36.5 Å². The van der Waals surface area contributed by atoms with E-state index in [1.807, 2.05) is 13.8 Å². The largest absolute Gasteiger partial charge is 0.374 e. The molecule has 1 fully saturated rings. The molecule has 1 aliphatic rings. The zero-order valence-corrected chi connectivity index (χ0v) is 14.1. The molecular formula is C16H23N5O3. The summed E-state index contributed by atoms with van der Waals surface area (Å²) in [4.78, 5) is 14.5. The summed E-state index contributed by atoms with van der Waals surface area (Å²) in [5, 5.41) is 8.22. The van der Waals surface area contributed by atoms with Crippen molar-refractivity contribution in [2.24, 2.45) is 5.73 Å². The molecule has 0 aromatic carbocycles. The third-order valence-corrected chi connectivity index (χ3v) is 4.34. The minimum absolute atomic E-state index is 0.105. The van der Waals surface area contributed by atoms with E-state index in [0.29, 0.717) is 25.5 Å². The minimum Gasteiger partial charge on any atom is -0.374 e. The van der Waals surface area contributed by atoms with Crippen molar-refractivity contribution in [2.45, 2.75) is 32.9 Å². The van der Waals surface area contributed by atoms with Gasteiger partial charge in [-0.1, -0.05) is 5.16 Å². The first-order valence-corrected chi connectivity index (χ1v) is 8.14. The maximum Gasteiger partial charge on any atom is 0.269 e. The van der Waals surface area contributed by atoms with Crippen LogP contribution in [0.1, 0.15) is 23.4 Å². The second kappa shape index (κ2) is 7.14. The Kier molecular flexibility index (Phi) is 4.96. The summed E-state index contributed by atoms with van der Waals surface area (Å²) in [6.07, 6.45) is 2.64. The van der Waals surface area contributed by atoms with Gasteiger partial charge in [-0.3, -0.25) is 4.79 Å². The molecule has 1 saturated heterocycles. The van der Waals surface area contributed by atoms with Gasteiger partial charge in [0.05, 0.1) is 36.8 Å². The summed E-state index contributed by atoms with van der Waals surface area (Å²) >= 11 is 0. The number of aromatic nitrogens is 3. The molecule has 0 radical (unpaired) electrons. The number of morpholine rings is 1. The van der Waals surface area contributed by atoms with Gasteiger partial charge < -0.3 is 19.9 Å². The Balaban J connectivity index is 1.76. The average Bonchev–Trinajstić information content (AvgIpc) is 2.89. The SMILES string of the molecule is Cc1noc(C)c1Cn1ncc(N2CCOC(CCN)C2)cc1=O. The zero-order valence-electron chi connectivity index (χ0n) is 14.1. The Morgan fingerprint density at radius 3 is 2.92 bits per heavy atom. The highest BCUT2D eigenvalue weighted by atomic mass is 16.5. The van der Waals surface area contributed by atoms with E-state index in [4.69, 9.17) is 15.0 Å². The molecule has 2 aromatic rings. The highest BCUT2D eigenvalue weighted by Gasteiger charge is 2.21. The Bertz CT molecular complexity index is 733. The third-order valence-electron chi connectivity index (χ3n) is 4.34. The lowest BCUT2D eigenvalue weighted by atomic mass is 10.2. The van der Waals surface area contributed by atoms with Gasteiger partial charge in [-0.15, -0.1) is 0 Å². The van der Waals surface area contributed by atoms with Gasteiger partial charge >= 0.3 is 0 Å². The normalized spacial score (nSPS) is 18.1. The van der Waals surface area contributed by atoms with E-state index < -0.39 is 0 Å². The van der Waals surface area contributed by atoms with Gasteiger partial charge in [0.25, 0.3) is 5.56 Å². The van der Waals surface area contributed by atoms with Crippen molar-refractivity contribution in [1.29, 1.82) is 0 Å². The quantitative estimate of drug-likeness (QED) is 0.848. The molecule has 8 heteroatoms. The summed E-state index contributed by atoms with van der Waals surface area (Å²) in [5.41, 5.74) is 7.95. The van der Waals surface area contributed by atoms with E-state index in [1.165, 1.54) is 4.68 Å². The van der Waals surface area contributed by atoms with Crippen LogP contribution in [-0.2, 0) is 11.3 Å². The number of rotatable bonds is 5. The first kappa shape index (κ1) is 16.7. The topological polar surface area (TPSA) is 99.4 Å². The van der Waals surface area contributed by atoms with Crippen LogP contribution in [0.5, 0.6) is 0 Å². The van der Waals surface area contributed by atoms with Crippen LogP contribution in [0.3, 0.4) is 0 Å². The summed E-state index contributed by atoms with van der Waals surface area (Å²) < 4.78 is 12.2. The van der Waals surface area contributed by atoms with E-state index >= 15 is 0 Å². The van der Waals surface area contributed by atoms with Crippen LogP contribution in [0.2, 0.25) is 0 Å². The summed E-state index contributed by atoms with van der Waals surface area (Å²) in [6, 6.07) is 1.62. The molecule has 2 aromatic heterocycles. The molecule has 1 atom stereocenters. The van der Waals surface area contributed by atoms with E-state index in [2.05, 4.69) is 15.2 Å². The molecule has 0 bridgehead atoms. The van der Waals surface area contributed by atoms with Crippen LogP contribution < -0.4 is 16.2 Å². The van der Waals surface area contributed by atoms with Crippen LogP contribution in [-0.4, -0.2) is 47.3 Å². The fourth-order valence-corrected chi connectivity index (χ4v) is 2.91. The van der Waals surface area contributed by atoms with Gasteiger partial charge in [-0.05, 0) is 26.8 Å². The van der Waals surface area contributed by atoms with Gasteiger partial charge in [-0.2, -0.15) is 5.10 Å². The lowest BCUT2D eigenvalue weighted by Crippen LogP contribution is -2.43. The van der Waals surface area contributed by atoms with Crippen LogP contribution in [0.4, 0.5) is 5.69 Å². The zero-order chi connectivity index (χ0) is 17.1. The molecule has 24 heavy (non-hydrogen) atoms. The fraction of sp³-hybridized carbons (Fsp3) is 0.562. The van der Waals surface area contributed by atoms with Crippen LogP contribution in [0.15, 0.2) is 21.6 Å². The summed E-state index contributed by atoms with van der Waals surface area (Å²) in [7, 11) is 0. The van der Waals surface area contributed by atoms with Gasteiger partial charge in [-0.25, -0.2) is 4.68 Å². The van der Waals surface area contributed by atoms with Crippen molar-refractivity contribution in [3.63, 3.8) is 0 Å². The molecule has 3 heterocycles. The maximum atomic E-state index is 12.4. The fourth-order valence-electron chi connectivity index (χ4n) is 2.91. The van der Waals surface area contributed by atoms with Crippen LogP contribution in [0, 0.1) is 13.8 Å². The van der Waals surface area contributed by atoms with Crippen molar-refractivity contribution in [3.8, 4) is 0 Å². The van der Waals surface area contributed by atoms with Crippen molar-refractivity contribution >= 4 is 5.69 Å². The number of ether oxygens (including phenoxy) is 1. The van der Waals surface area contributed by atoms with E-state index in [-0.39, 0.29) is 11.7 Å². The Morgan fingerprint density at radius 2 is 2.25 bits per heavy atom. The molecular weight excluding hydrogens is 310 g/mol. The number of hydrogen-bond donors (Lipinski definition) is 1. The summed E-state index contributed by atoms with van der Waals surface area (Å²) in [5.74, 6) is 0.711. The lowest BCUT2D eigenvalue weighted by molar-refractivity contribution is 0.0368. The Morgan fingerprint density at radius 1 is 1.42 bits per heavy atom. The molecule has 0 aliphatic carbocycles. The third kappa shape index (κ3) is 3.49. The number of nitrogens with two attached hydrogens (primary N) is 1. The number of aryl methyl sites for hydroxylation is 2. The maximum absolute atomic E-state index is 12.4. The van der Waals surface area contributed by atoms with E-state index in [1.54, 1.807) is 12.3 Å². The predicted molar refractivity (Wildman–Crippen MR) is 89.2 cm³/mol. The second-order valence-corrected chi connectivity index (χ2v) is 6.03. The minimum atomic E-state index is -0.144. The standard InChI is InChI=1S/C16H23N5O3/c1-11-15(12(2)24-19-11)10-21-16(22)7-13(8-18-21)20-5-6-23-14(9-20)3-4-17/h7-8,14H,3-6,9-10,17H2,1-2H3. The van der Waals surface area contributed by atoms with E-state index in [9.17, 15) is 4.79 Å². The first-order chi connectivity index (χ1) is 11.6. The van der Waals surface area contributed by atoms with Gasteiger partial charge in [0.1, 0.15) is 5.76 Å². The molecule has 130 valence electrons. The first-order valence-electron chi connectivity index (χ1n) is 8.14. The molecule has 2 N–H and O–H groups in total. The molecule has 8 nitrogen and oxygen atoms in total. The molecule has 0 saturated carbocycles. The number of hydrogen-bond acceptors (Lipinski definition) is 7. The molecule has 1 unspecified atom stereocenters. The molecule has 3 rings (SSSR count). The van der Waals surface area contributed by atoms with Crippen molar-refractivity contribution in [1.82, 2.24) is 14.9 Å². The van der Waals surface area contributed by atoms with Crippen molar-refractivity contribution in [3.05, 3.63) is 39.6 Å².